The van der Waals surface area contributed by atoms with Crippen LogP contribution in [0, 0.1) is 11.8 Å². The molecule has 1 amide bonds. The summed E-state index contributed by atoms with van der Waals surface area (Å²) in [6.45, 7) is 2.66. The maximum absolute atomic E-state index is 12.0. The van der Waals surface area contributed by atoms with Gasteiger partial charge < -0.3 is 11.1 Å². The van der Waals surface area contributed by atoms with Crippen LogP contribution in [-0.2, 0) is 4.79 Å². The second-order valence-electron chi connectivity index (χ2n) is 5.37. The first-order valence-corrected chi connectivity index (χ1v) is 6.18. The fourth-order valence-electron chi connectivity index (χ4n) is 2.61. The van der Waals surface area contributed by atoms with Gasteiger partial charge in [0.2, 0.25) is 5.91 Å². The molecule has 16 heavy (non-hydrogen) atoms. The van der Waals surface area contributed by atoms with E-state index in [1.165, 1.54) is 25.7 Å². The van der Waals surface area contributed by atoms with E-state index in [-0.39, 0.29) is 29.8 Å². The molecule has 0 bridgehead atoms. The highest BCUT2D eigenvalue weighted by Gasteiger charge is 2.42. The van der Waals surface area contributed by atoms with Crippen LogP contribution >= 0.6 is 12.4 Å². The molecule has 1 atom stereocenters. The predicted octanol–water partition coefficient (Wildman–Crippen LogP) is 1.84. The molecule has 0 saturated heterocycles. The Hall–Kier alpha value is -0.280. The Balaban J connectivity index is 0.00000128. The second-order valence-corrected chi connectivity index (χ2v) is 5.37. The highest BCUT2D eigenvalue weighted by atomic mass is 35.5. The zero-order valence-corrected chi connectivity index (χ0v) is 10.8. The van der Waals surface area contributed by atoms with Crippen LogP contribution in [0.2, 0.25) is 0 Å². The van der Waals surface area contributed by atoms with Gasteiger partial charge >= 0.3 is 0 Å². The quantitative estimate of drug-likeness (QED) is 0.796. The number of hydrogen-bond donors (Lipinski definition) is 2. The Morgan fingerprint density at radius 1 is 1.31 bits per heavy atom. The fourth-order valence-corrected chi connectivity index (χ4v) is 2.61. The lowest BCUT2D eigenvalue weighted by Gasteiger charge is -2.30. The number of hydrogen-bond acceptors (Lipinski definition) is 2. The highest BCUT2D eigenvalue weighted by Crippen LogP contribution is 2.39. The van der Waals surface area contributed by atoms with Gasteiger partial charge in [-0.1, -0.05) is 12.8 Å². The van der Waals surface area contributed by atoms with E-state index in [9.17, 15) is 4.79 Å². The Bertz CT molecular complexity index is 249. The molecule has 0 aliphatic heterocycles. The number of rotatable bonds is 4. The van der Waals surface area contributed by atoms with Crippen molar-refractivity contribution in [2.45, 2.75) is 51.0 Å². The minimum atomic E-state index is -0.139. The average Bonchev–Trinajstić information content (AvgIpc) is 2.94. The van der Waals surface area contributed by atoms with Gasteiger partial charge in [-0.25, -0.2) is 0 Å². The van der Waals surface area contributed by atoms with Gasteiger partial charge in [-0.3, -0.25) is 4.79 Å². The van der Waals surface area contributed by atoms with Crippen molar-refractivity contribution in [3.63, 3.8) is 0 Å². The van der Waals surface area contributed by atoms with Crippen molar-refractivity contribution in [1.29, 1.82) is 0 Å². The minimum absolute atomic E-state index is 0. The van der Waals surface area contributed by atoms with Gasteiger partial charge in [-0.05, 0) is 38.5 Å². The first-order chi connectivity index (χ1) is 7.15. The molecule has 0 spiro atoms. The second kappa shape index (κ2) is 5.37. The summed E-state index contributed by atoms with van der Waals surface area (Å²) in [6, 6.07) is 0. The third-order valence-corrected chi connectivity index (χ3v) is 4.04. The molecule has 3 nitrogen and oxygen atoms in total. The SMILES string of the molecule is CC(CN)(NC(=O)C1CCCC1)C1CC1.Cl. The van der Waals surface area contributed by atoms with Crippen molar-refractivity contribution >= 4 is 18.3 Å². The Morgan fingerprint density at radius 3 is 2.31 bits per heavy atom. The topological polar surface area (TPSA) is 55.1 Å². The van der Waals surface area contributed by atoms with Crippen LogP contribution in [0.15, 0.2) is 0 Å². The van der Waals surface area contributed by atoms with Gasteiger partial charge in [0.15, 0.2) is 0 Å². The van der Waals surface area contributed by atoms with Crippen LogP contribution in [0.4, 0.5) is 0 Å². The van der Waals surface area contributed by atoms with Gasteiger partial charge in [0.05, 0.1) is 5.54 Å². The predicted molar refractivity (Wildman–Crippen MR) is 67.5 cm³/mol. The normalized spacial score (nSPS) is 24.6. The molecule has 94 valence electrons. The van der Waals surface area contributed by atoms with Crippen LogP contribution in [0.5, 0.6) is 0 Å². The summed E-state index contributed by atoms with van der Waals surface area (Å²) >= 11 is 0. The van der Waals surface area contributed by atoms with E-state index in [0.717, 1.165) is 12.8 Å². The summed E-state index contributed by atoms with van der Waals surface area (Å²) in [5.74, 6) is 1.12. The number of amides is 1. The molecule has 2 rings (SSSR count). The van der Waals surface area contributed by atoms with Crippen molar-refractivity contribution in [2.75, 3.05) is 6.54 Å². The molecule has 4 heteroatoms. The van der Waals surface area contributed by atoms with Gasteiger partial charge in [-0.2, -0.15) is 0 Å². The molecule has 1 unspecified atom stereocenters. The van der Waals surface area contributed by atoms with E-state index in [1.807, 2.05) is 0 Å². The molecule has 0 aromatic carbocycles. The smallest absolute Gasteiger partial charge is 0.223 e. The van der Waals surface area contributed by atoms with Crippen LogP contribution < -0.4 is 11.1 Å². The number of carbonyl (C=O) groups excluding carboxylic acids is 1. The number of nitrogens with two attached hydrogens (primary N) is 1. The summed E-state index contributed by atoms with van der Waals surface area (Å²) in [6.07, 6.45) is 6.99. The van der Waals surface area contributed by atoms with Gasteiger partial charge in [0.25, 0.3) is 0 Å². The molecule has 2 aliphatic carbocycles. The van der Waals surface area contributed by atoms with E-state index in [1.54, 1.807) is 0 Å². The Labute approximate surface area is 104 Å². The molecule has 0 aromatic rings. The molecule has 3 N–H and O–H groups in total. The zero-order chi connectivity index (χ0) is 10.9. The third kappa shape index (κ3) is 2.89. The van der Waals surface area contributed by atoms with Crippen molar-refractivity contribution < 1.29 is 4.79 Å². The Morgan fingerprint density at radius 2 is 1.88 bits per heavy atom. The lowest BCUT2D eigenvalue weighted by atomic mass is 9.94. The van der Waals surface area contributed by atoms with E-state index >= 15 is 0 Å². The standard InChI is InChI=1S/C12H22N2O.ClH/c1-12(8-13,10-6-7-10)14-11(15)9-4-2-3-5-9;/h9-10H,2-8,13H2,1H3,(H,14,15);1H. The van der Waals surface area contributed by atoms with Gasteiger partial charge in [0.1, 0.15) is 0 Å². The molecular formula is C12H23ClN2O. The lowest BCUT2D eigenvalue weighted by Crippen LogP contribution is -2.54. The van der Waals surface area contributed by atoms with Crippen LogP contribution in [0.1, 0.15) is 45.4 Å². The summed E-state index contributed by atoms with van der Waals surface area (Å²) in [7, 11) is 0. The molecule has 0 aromatic heterocycles. The molecule has 2 fully saturated rings. The average molecular weight is 247 g/mol. The molecule has 2 aliphatic rings. The third-order valence-electron chi connectivity index (χ3n) is 4.04. The first-order valence-electron chi connectivity index (χ1n) is 6.18. The van der Waals surface area contributed by atoms with Crippen molar-refractivity contribution in [2.24, 2.45) is 17.6 Å². The van der Waals surface area contributed by atoms with Crippen LogP contribution in [0.3, 0.4) is 0 Å². The van der Waals surface area contributed by atoms with Crippen molar-refractivity contribution in [1.82, 2.24) is 5.32 Å². The van der Waals surface area contributed by atoms with E-state index < -0.39 is 0 Å². The largest absolute Gasteiger partial charge is 0.349 e. The molecule has 0 radical (unpaired) electrons. The lowest BCUT2D eigenvalue weighted by molar-refractivity contribution is -0.126. The fraction of sp³-hybridized carbons (Fsp3) is 0.917. The van der Waals surface area contributed by atoms with E-state index in [0.29, 0.717) is 12.5 Å². The molecule has 0 heterocycles. The maximum atomic E-state index is 12.0. The van der Waals surface area contributed by atoms with E-state index in [4.69, 9.17) is 5.73 Å². The highest BCUT2D eigenvalue weighted by molar-refractivity contribution is 5.85. The maximum Gasteiger partial charge on any atom is 0.223 e. The Kier molecular flexibility index (Phi) is 4.62. The van der Waals surface area contributed by atoms with Crippen molar-refractivity contribution in [3.8, 4) is 0 Å². The van der Waals surface area contributed by atoms with Crippen molar-refractivity contribution in [3.05, 3.63) is 0 Å². The number of carbonyl (C=O) groups is 1. The van der Waals surface area contributed by atoms with Crippen LogP contribution in [-0.4, -0.2) is 18.0 Å². The van der Waals surface area contributed by atoms with Crippen LogP contribution in [0.25, 0.3) is 0 Å². The van der Waals surface area contributed by atoms with Gasteiger partial charge in [0, 0.05) is 12.5 Å². The first kappa shape index (κ1) is 13.8. The summed E-state index contributed by atoms with van der Waals surface area (Å²) in [5.41, 5.74) is 5.64. The molecule has 2 saturated carbocycles. The van der Waals surface area contributed by atoms with Gasteiger partial charge in [-0.15, -0.1) is 12.4 Å². The monoisotopic (exact) mass is 246 g/mol. The number of nitrogens with one attached hydrogen (secondary N) is 1. The van der Waals surface area contributed by atoms with E-state index in [2.05, 4.69) is 12.2 Å². The summed E-state index contributed by atoms with van der Waals surface area (Å²) in [4.78, 5) is 12.0. The number of halogens is 1. The summed E-state index contributed by atoms with van der Waals surface area (Å²) in [5, 5.41) is 3.18. The molecular weight excluding hydrogens is 224 g/mol. The summed E-state index contributed by atoms with van der Waals surface area (Å²) < 4.78 is 0. The zero-order valence-electron chi connectivity index (χ0n) is 10.00. The minimum Gasteiger partial charge on any atom is -0.349 e.